The van der Waals surface area contributed by atoms with Gasteiger partial charge in [-0.3, -0.25) is 9.59 Å². The van der Waals surface area contributed by atoms with E-state index >= 15 is 0 Å². The van der Waals surface area contributed by atoms with Crippen LogP contribution in [0.4, 0.5) is 0 Å². The fourth-order valence-corrected chi connectivity index (χ4v) is 7.31. The summed E-state index contributed by atoms with van der Waals surface area (Å²) in [6.45, 7) is 8.99. The maximum Gasteiger partial charge on any atom is 0.323 e. The van der Waals surface area contributed by atoms with Crippen molar-refractivity contribution in [2.45, 2.75) is 252 Å². The van der Waals surface area contributed by atoms with Crippen molar-refractivity contribution in [3.63, 3.8) is 0 Å². The largest absolute Gasteiger partial charge is 0.462 e. The maximum absolute atomic E-state index is 14.0. The predicted octanol–water partition coefficient (Wildman–Crippen LogP) is 13.8. The van der Waals surface area contributed by atoms with Crippen LogP contribution in [0.3, 0.4) is 0 Å². The molecule has 1 saturated carbocycles. The molecule has 0 aromatic rings. The van der Waals surface area contributed by atoms with Crippen LogP contribution in [0.2, 0.25) is 0 Å². The van der Waals surface area contributed by atoms with Gasteiger partial charge in [-0.25, -0.2) is 0 Å². The molecule has 1 aliphatic rings. The molecule has 4 nitrogen and oxygen atoms in total. The third-order valence-electron chi connectivity index (χ3n) is 10.6. The molecule has 1 aliphatic carbocycles. The lowest BCUT2D eigenvalue weighted by molar-refractivity contribution is -0.182. The van der Waals surface area contributed by atoms with Gasteiger partial charge in [-0.05, 0) is 64.2 Å². The minimum absolute atomic E-state index is 0.0717. The lowest BCUT2D eigenvalue weighted by Crippen LogP contribution is -2.46. The second-order valence-corrected chi connectivity index (χ2v) is 14.9. The summed E-state index contributed by atoms with van der Waals surface area (Å²) in [5.74, 6) is -0.546. The molecule has 272 valence electrons. The minimum Gasteiger partial charge on any atom is -0.462 e. The molecule has 1 fully saturated rings. The van der Waals surface area contributed by atoms with Gasteiger partial charge < -0.3 is 9.47 Å². The van der Waals surface area contributed by atoms with Crippen LogP contribution in [0.1, 0.15) is 240 Å². The van der Waals surface area contributed by atoms with Gasteiger partial charge in [0, 0.05) is 0 Å². The van der Waals surface area contributed by atoms with Crippen LogP contribution in [0.5, 0.6) is 0 Å². The Kier molecular flexibility index (Phi) is 28.0. The standard InChI is InChI=1S/C42H80O4/c1-5-9-13-15-17-19-21-23-28-34-38(32-26-11-7-3)45-40(43)42(36-30-25-31-37-42)41(44)46-39(33-27-12-8-4)35-29-24-22-20-18-16-14-10-6-2/h38-39H,5-37H2,1-4H3. The van der Waals surface area contributed by atoms with E-state index in [1.165, 1.54) is 103 Å². The Morgan fingerprint density at radius 3 is 1.00 bits per heavy atom. The third kappa shape index (κ3) is 20.3. The van der Waals surface area contributed by atoms with E-state index in [4.69, 9.17) is 9.47 Å². The second kappa shape index (κ2) is 30.0. The minimum atomic E-state index is -1.10. The molecule has 0 radical (unpaired) electrons. The summed E-state index contributed by atoms with van der Waals surface area (Å²) in [4.78, 5) is 28.0. The van der Waals surface area contributed by atoms with Crippen molar-refractivity contribution < 1.29 is 19.1 Å². The fourth-order valence-electron chi connectivity index (χ4n) is 7.31. The molecule has 0 aliphatic heterocycles. The third-order valence-corrected chi connectivity index (χ3v) is 10.6. The lowest BCUT2D eigenvalue weighted by atomic mass is 9.74. The number of hydrogen-bond acceptors (Lipinski definition) is 4. The van der Waals surface area contributed by atoms with Gasteiger partial charge in [-0.2, -0.15) is 0 Å². The van der Waals surface area contributed by atoms with Crippen molar-refractivity contribution in [3.05, 3.63) is 0 Å². The van der Waals surface area contributed by atoms with E-state index in [2.05, 4.69) is 27.7 Å². The summed E-state index contributed by atoms with van der Waals surface area (Å²) in [6.07, 6.45) is 37.7. The van der Waals surface area contributed by atoms with Crippen LogP contribution in [-0.2, 0) is 19.1 Å². The zero-order valence-electron chi connectivity index (χ0n) is 31.6. The number of rotatable bonds is 32. The van der Waals surface area contributed by atoms with E-state index in [0.717, 1.165) is 96.3 Å². The molecule has 0 bridgehead atoms. The fraction of sp³-hybridized carbons (Fsp3) is 0.952. The Balaban J connectivity index is 2.73. The van der Waals surface area contributed by atoms with Crippen LogP contribution in [0, 0.1) is 5.41 Å². The van der Waals surface area contributed by atoms with Crippen molar-refractivity contribution in [1.82, 2.24) is 0 Å². The quantitative estimate of drug-likeness (QED) is 0.0414. The molecule has 2 unspecified atom stereocenters. The van der Waals surface area contributed by atoms with Crippen LogP contribution in [0.15, 0.2) is 0 Å². The van der Waals surface area contributed by atoms with Gasteiger partial charge in [-0.1, -0.05) is 175 Å². The Morgan fingerprint density at radius 2 is 0.674 bits per heavy atom. The predicted molar refractivity (Wildman–Crippen MR) is 197 cm³/mol. The summed E-state index contributed by atoms with van der Waals surface area (Å²) in [5, 5.41) is 0. The topological polar surface area (TPSA) is 52.6 Å². The SMILES string of the molecule is CCCCCCCCCCCC(CCCCC)OC(=O)C1(C(=O)OC(CCCCC)CCCCCCCCCCC)CCCCC1. The monoisotopic (exact) mass is 649 g/mol. The van der Waals surface area contributed by atoms with Crippen LogP contribution in [-0.4, -0.2) is 24.1 Å². The molecular formula is C42H80O4. The number of carbonyl (C=O) groups is 2. The Morgan fingerprint density at radius 1 is 0.413 bits per heavy atom. The first kappa shape index (κ1) is 43.0. The number of carbonyl (C=O) groups excluding carboxylic acids is 2. The molecule has 46 heavy (non-hydrogen) atoms. The number of hydrogen-bond donors (Lipinski definition) is 0. The number of unbranched alkanes of at least 4 members (excludes halogenated alkanes) is 20. The van der Waals surface area contributed by atoms with E-state index < -0.39 is 5.41 Å². The van der Waals surface area contributed by atoms with Crippen molar-refractivity contribution in [2.75, 3.05) is 0 Å². The molecular weight excluding hydrogens is 568 g/mol. The molecule has 1 rings (SSSR count). The summed E-state index contributed by atoms with van der Waals surface area (Å²) in [5.41, 5.74) is -1.10. The van der Waals surface area contributed by atoms with Crippen LogP contribution < -0.4 is 0 Å². The van der Waals surface area contributed by atoms with Crippen molar-refractivity contribution in [2.24, 2.45) is 5.41 Å². The Hall–Kier alpha value is -1.06. The average molecular weight is 649 g/mol. The molecule has 0 spiro atoms. The highest BCUT2D eigenvalue weighted by Crippen LogP contribution is 2.40. The van der Waals surface area contributed by atoms with E-state index in [0.29, 0.717) is 12.8 Å². The normalized spacial score (nSPS) is 15.8. The molecule has 0 amide bonds. The van der Waals surface area contributed by atoms with Crippen molar-refractivity contribution in [1.29, 1.82) is 0 Å². The smallest absolute Gasteiger partial charge is 0.323 e. The summed E-state index contributed by atoms with van der Waals surface area (Å²) in [7, 11) is 0. The molecule has 0 N–H and O–H groups in total. The zero-order chi connectivity index (χ0) is 33.6. The zero-order valence-corrected chi connectivity index (χ0v) is 31.6. The van der Waals surface area contributed by atoms with Gasteiger partial charge in [0.1, 0.15) is 12.2 Å². The van der Waals surface area contributed by atoms with Crippen LogP contribution in [0.25, 0.3) is 0 Å². The first-order chi connectivity index (χ1) is 22.5. The van der Waals surface area contributed by atoms with Gasteiger partial charge in [0.25, 0.3) is 0 Å². The Labute approximate surface area is 287 Å². The Bertz CT molecular complexity index is 646. The highest BCUT2D eigenvalue weighted by Gasteiger charge is 2.50. The second-order valence-electron chi connectivity index (χ2n) is 14.9. The van der Waals surface area contributed by atoms with Gasteiger partial charge in [0.15, 0.2) is 5.41 Å². The van der Waals surface area contributed by atoms with Gasteiger partial charge in [-0.15, -0.1) is 0 Å². The molecule has 0 aromatic heterocycles. The first-order valence-electron chi connectivity index (χ1n) is 21.0. The number of ether oxygens (including phenoxy) is 2. The van der Waals surface area contributed by atoms with E-state index in [-0.39, 0.29) is 24.1 Å². The van der Waals surface area contributed by atoms with E-state index in [1.54, 1.807) is 0 Å². The number of esters is 2. The summed E-state index contributed by atoms with van der Waals surface area (Å²) >= 11 is 0. The average Bonchev–Trinajstić information content (AvgIpc) is 3.06. The highest BCUT2D eigenvalue weighted by molar-refractivity contribution is 6.00. The van der Waals surface area contributed by atoms with Gasteiger partial charge in [0.05, 0.1) is 0 Å². The van der Waals surface area contributed by atoms with Crippen LogP contribution >= 0.6 is 0 Å². The highest BCUT2D eigenvalue weighted by atomic mass is 16.6. The molecule has 4 heteroatoms. The summed E-state index contributed by atoms with van der Waals surface area (Å²) in [6, 6.07) is 0. The van der Waals surface area contributed by atoms with Crippen molar-refractivity contribution in [3.8, 4) is 0 Å². The first-order valence-corrected chi connectivity index (χ1v) is 21.0. The van der Waals surface area contributed by atoms with Crippen molar-refractivity contribution >= 4 is 11.9 Å². The molecule has 0 saturated heterocycles. The van der Waals surface area contributed by atoms with Gasteiger partial charge in [0.2, 0.25) is 0 Å². The molecule has 0 aromatic carbocycles. The lowest BCUT2D eigenvalue weighted by Gasteiger charge is -2.35. The molecule has 0 heterocycles. The van der Waals surface area contributed by atoms with E-state index in [9.17, 15) is 9.59 Å². The summed E-state index contributed by atoms with van der Waals surface area (Å²) < 4.78 is 12.7. The molecule has 2 atom stereocenters. The van der Waals surface area contributed by atoms with E-state index in [1.807, 2.05) is 0 Å². The van der Waals surface area contributed by atoms with Gasteiger partial charge >= 0.3 is 11.9 Å². The maximum atomic E-state index is 14.0.